The fourth-order valence-corrected chi connectivity index (χ4v) is 3.28. The number of carboxylic acids is 2. The van der Waals surface area contributed by atoms with Crippen LogP contribution in [-0.2, 0) is 14.4 Å². The van der Waals surface area contributed by atoms with Crippen LogP contribution in [0.1, 0.15) is 12.0 Å². The summed E-state index contributed by atoms with van der Waals surface area (Å²) in [6.45, 7) is 0. The van der Waals surface area contributed by atoms with E-state index in [1.165, 1.54) is 24.3 Å². The number of hydrogen-bond donors (Lipinski definition) is 2. The number of carbonyl (C=O) groups is 3. The Morgan fingerprint density at radius 2 is 2.00 bits per heavy atom. The first-order valence-electron chi connectivity index (χ1n) is 6.27. The maximum Gasteiger partial charge on any atom is 0.327 e. The van der Waals surface area contributed by atoms with Gasteiger partial charge in [0.05, 0.1) is 11.3 Å². The van der Waals surface area contributed by atoms with Gasteiger partial charge >= 0.3 is 11.9 Å². The van der Waals surface area contributed by atoms with Crippen LogP contribution in [-0.4, -0.2) is 43.3 Å². The molecule has 1 heterocycles. The number of benzene rings is 1. The van der Waals surface area contributed by atoms with Crippen molar-refractivity contribution in [3.05, 3.63) is 40.6 Å². The molecule has 23 heavy (non-hydrogen) atoms. The zero-order valence-corrected chi connectivity index (χ0v) is 13.1. The second kappa shape index (κ2) is 6.88. The van der Waals surface area contributed by atoms with E-state index in [1.54, 1.807) is 6.07 Å². The molecule has 120 valence electrons. The fraction of sp³-hybridized carbons (Fsp3) is 0.143. The van der Waals surface area contributed by atoms with Crippen LogP contribution in [0.3, 0.4) is 0 Å². The molecule has 1 aliphatic heterocycles. The third-order valence-corrected chi connectivity index (χ3v) is 4.31. The molecular weight excluding hydrogens is 345 g/mol. The first-order chi connectivity index (χ1) is 10.8. The van der Waals surface area contributed by atoms with E-state index in [9.17, 15) is 18.8 Å². The highest BCUT2D eigenvalue weighted by molar-refractivity contribution is 8.26. The lowest BCUT2D eigenvalue weighted by Gasteiger charge is -2.21. The average molecular weight is 355 g/mol. The standard InChI is InChI=1S/C14H10FNO5S2/c15-8-4-2-1-3-7(8)5-10-12(19)16(14(22)23-10)9(13(20)21)6-11(17)18/h1-5,9H,6H2,(H,17,18)(H,20,21). The number of halogens is 1. The quantitative estimate of drug-likeness (QED) is 0.616. The molecule has 1 fully saturated rings. The normalized spacial score (nSPS) is 17.6. The van der Waals surface area contributed by atoms with Gasteiger partial charge in [0, 0.05) is 5.56 Å². The van der Waals surface area contributed by atoms with Gasteiger partial charge in [-0.05, 0) is 12.1 Å². The predicted molar refractivity (Wildman–Crippen MR) is 85.1 cm³/mol. The van der Waals surface area contributed by atoms with Crippen molar-refractivity contribution in [2.45, 2.75) is 12.5 Å². The smallest absolute Gasteiger partial charge is 0.327 e. The van der Waals surface area contributed by atoms with Gasteiger partial charge in [0.1, 0.15) is 16.2 Å². The molecular formula is C14H10FNO5S2. The first kappa shape index (κ1) is 17.1. The molecule has 1 unspecified atom stereocenters. The SMILES string of the molecule is O=C(O)CC(C(=O)O)N1C(=O)C(=Cc2ccccc2F)SC1=S. The van der Waals surface area contributed by atoms with Crippen LogP contribution >= 0.6 is 24.0 Å². The van der Waals surface area contributed by atoms with Crippen molar-refractivity contribution in [1.82, 2.24) is 4.90 Å². The van der Waals surface area contributed by atoms with E-state index in [2.05, 4.69) is 0 Å². The molecule has 2 rings (SSSR count). The Hall–Kier alpha value is -2.26. The summed E-state index contributed by atoms with van der Waals surface area (Å²) in [6.07, 6.45) is 0.475. The molecule has 0 spiro atoms. The highest BCUT2D eigenvalue weighted by Crippen LogP contribution is 2.34. The minimum Gasteiger partial charge on any atom is -0.481 e. The Morgan fingerprint density at radius 1 is 1.35 bits per heavy atom. The molecule has 1 amide bonds. The molecule has 2 N–H and O–H groups in total. The van der Waals surface area contributed by atoms with E-state index in [1.807, 2.05) is 0 Å². The van der Waals surface area contributed by atoms with Crippen molar-refractivity contribution in [3.8, 4) is 0 Å². The average Bonchev–Trinajstić information content (AvgIpc) is 2.73. The van der Waals surface area contributed by atoms with Crippen molar-refractivity contribution in [3.63, 3.8) is 0 Å². The predicted octanol–water partition coefficient (Wildman–Crippen LogP) is 1.95. The lowest BCUT2D eigenvalue weighted by atomic mass is 10.1. The zero-order chi connectivity index (χ0) is 17.1. The topological polar surface area (TPSA) is 94.9 Å². The Bertz CT molecular complexity index is 734. The summed E-state index contributed by atoms with van der Waals surface area (Å²) in [4.78, 5) is 35.1. The summed E-state index contributed by atoms with van der Waals surface area (Å²) >= 11 is 5.77. The number of carboxylic acid groups (broad SMARTS) is 2. The number of thioether (sulfide) groups is 1. The molecule has 9 heteroatoms. The van der Waals surface area contributed by atoms with E-state index in [4.69, 9.17) is 22.4 Å². The molecule has 0 aromatic heterocycles. The Balaban J connectivity index is 2.34. The minimum absolute atomic E-state index is 0.0386. The maximum absolute atomic E-state index is 13.6. The molecule has 1 aliphatic rings. The Morgan fingerprint density at radius 3 is 2.57 bits per heavy atom. The molecule has 0 bridgehead atoms. The maximum atomic E-state index is 13.6. The zero-order valence-electron chi connectivity index (χ0n) is 11.4. The van der Waals surface area contributed by atoms with Crippen molar-refractivity contribution in [2.24, 2.45) is 0 Å². The summed E-state index contributed by atoms with van der Waals surface area (Å²) in [7, 11) is 0. The van der Waals surface area contributed by atoms with Crippen molar-refractivity contribution in [2.75, 3.05) is 0 Å². The number of hydrogen-bond acceptors (Lipinski definition) is 5. The van der Waals surface area contributed by atoms with Crippen molar-refractivity contribution in [1.29, 1.82) is 0 Å². The highest BCUT2D eigenvalue weighted by Gasteiger charge is 2.41. The molecule has 0 saturated carbocycles. The summed E-state index contributed by atoms with van der Waals surface area (Å²) in [5.74, 6) is -4.14. The number of rotatable bonds is 5. The largest absolute Gasteiger partial charge is 0.481 e. The number of aliphatic carboxylic acids is 2. The fourth-order valence-electron chi connectivity index (χ4n) is 1.94. The molecule has 1 aromatic rings. The number of carbonyl (C=O) groups excluding carboxylic acids is 1. The van der Waals surface area contributed by atoms with Gasteiger partial charge in [-0.3, -0.25) is 14.5 Å². The summed E-state index contributed by atoms with van der Waals surface area (Å²) < 4.78 is 13.6. The molecule has 1 atom stereocenters. The van der Waals surface area contributed by atoms with Gasteiger partial charge in [-0.25, -0.2) is 9.18 Å². The Kier molecular flexibility index (Phi) is 5.12. The van der Waals surface area contributed by atoms with Crippen LogP contribution in [0.15, 0.2) is 29.2 Å². The van der Waals surface area contributed by atoms with Crippen LogP contribution in [0.2, 0.25) is 0 Å². The number of amides is 1. The van der Waals surface area contributed by atoms with Crippen molar-refractivity contribution < 1.29 is 29.0 Å². The summed E-state index contributed by atoms with van der Waals surface area (Å²) in [5.41, 5.74) is 0.151. The highest BCUT2D eigenvalue weighted by atomic mass is 32.2. The molecule has 1 saturated heterocycles. The molecule has 0 aliphatic carbocycles. The van der Waals surface area contributed by atoms with Gasteiger partial charge in [-0.2, -0.15) is 0 Å². The Labute approximate surface area is 139 Å². The third kappa shape index (κ3) is 3.74. The third-order valence-electron chi connectivity index (χ3n) is 2.98. The number of nitrogens with zero attached hydrogens (tertiary/aromatic N) is 1. The lowest BCUT2D eigenvalue weighted by Crippen LogP contribution is -2.45. The van der Waals surface area contributed by atoms with E-state index < -0.39 is 36.1 Å². The second-order valence-corrected chi connectivity index (χ2v) is 6.20. The first-order valence-corrected chi connectivity index (χ1v) is 7.50. The van der Waals surface area contributed by atoms with Gasteiger partial charge in [0.2, 0.25) is 0 Å². The van der Waals surface area contributed by atoms with Gasteiger partial charge in [0.25, 0.3) is 5.91 Å². The van der Waals surface area contributed by atoms with Gasteiger partial charge in [-0.1, -0.05) is 42.2 Å². The van der Waals surface area contributed by atoms with Gasteiger partial charge in [0.15, 0.2) is 0 Å². The van der Waals surface area contributed by atoms with E-state index in [-0.39, 0.29) is 14.8 Å². The van der Waals surface area contributed by atoms with Crippen LogP contribution in [0.5, 0.6) is 0 Å². The van der Waals surface area contributed by atoms with E-state index >= 15 is 0 Å². The van der Waals surface area contributed by atoms with E-state index in [0.29, 0.717) is 0 Å². The van der Waals surface area contributed by atoms with Crippen LogP contribution in [0, 0.1) is 5.82 Å². The van der Waals surface area contributed by atoms with Gasteiger partial charge in [-0.15, -0.1) is 0 Å². The van der Waals surface area contributed by atoms with Crippen LogP contribution in [0.25, 0.3) is 6.08 Å². The molecule has 6 nitrogen and oxygen atoms in total. The molecule has 0 radical (unpaired) electrons. The molecule has 1 aromatic carbocycles. The van der Waals surface area contributed by atoms with Gasteiger partial charge < -0.3 is 10.2 Å². The summed E-state index contributed by atoms with van der Waals surface area (Å²) in [5, 5.41) is 17.9. The number of thiocarbonyl (C=S) groups is 1. The van der Waals surface area contributed by atoms with Crippen LogP contribution in [0.4, 0.5) is 4.39 Å². The van der Waals surface area contributed by atoms with Crippen LogP contribution < -0.4 is 0 Å². The lowest BCUT2D eigenvalue weighted by molar-refractivity contribution is -0.150. The van der Waals surface area contributed by atoms with Crippen molar-refractivity contribution >= 4 is 52.2 Å². The minimum atomic E-state index is -1.61. The monoisotopic (exact) mass is 355 g/mol. The summed E-state index contributed by atoms with van der Waals surface area (Å²) in [6, 6.07) is 4.14. The second-order valence-electron chi connectivity index (χ2n) is 4.53. The van der Waals surface area contributed by atoms with E-state index in [0.717, 1.165) is 16.7 Å².